The molecule has 2 fully saturated rings. The molecule has 0 saturated carbocycles. The number of Topliss-reactive ketones (excluding diaryl/α,β-unsaturated/α-hetero) is 1. The number of halogens is 1. The van der Waals surface area contributed by atoms with Gasteiger partial charge in [-0.3, -0.25) is 24.1 Å². The lowest BCUT2D eigenvalue weighted by Crippen LogP contribution is -2.71. The average molecular weight is 726 g/mol. The summed E-state index contributed by atoms with van der Waals surface area (Å²) in [6, 6.07) is 4.97. The summed E-state index contributed by atoms with van der Waals surface area (Å²) in [5.41, 5.74) is 0.215. The fourth-order valence-electron chi connectivity index (χ4n) is 5.12. The molecule has 3 N–H and O–H groups in total. The largest absolute Gasteiger partial charge is 0.427 e. The lowest BCUT2D eigenvalue weighted by atomic mass is 9.94. The van der Waals surface area contributed by atoms with E-state index >= 15 is 0 Å². The number of amides is 2. The molecule has 0 bridgehead atoms. The van der Waals surface area contributed by atoms with E-state index in [2.05, 4.69) is 20.8 Å². The molecular weight excluding hydrogens is 690 g/mol. The molecule has 254 valence electrons. The Morgan fingerprint density at radius 3 is 2.60 bits per heavy atom. The molecule has 2 amide bonds. The van der Waals surface area contributed by atoms with Gasteiger partial charge >= 0.3 is 11.9 Å². The van der Waals surface area contributed by atoms with Crippen molar-refractivity contribution in [3.63, 3.8) is 0 Å². The predicted octanol–water partition coefficient (Wildman–Crippen LogP) is 2.77. The number of rotatable bonds is 11. The Hall–Kier alpha value is -3.02. The van der Waals surface area contributed by atoms with Gasteiger partial charge in [0, 0.05) is 22.6 Å². The van der Waals surface area contributed by atoms with E-state index < -0.39 is 53.5 Å². The minimum atomic E-state index is -1.70. The van der Waals surface area contributed by atoms with E-state index in [0.717, 1.165) is 18.0 Å². The van der Waals surface area contributed by atoms with Crippen molar-refractivity contribution < 1.29 is 38.6 Å². The Bertz CT molecular complexity index is 1570. The minimum Gasteiger partial charge on any atom is -0.427 e. The molecule has 0 spiro atoms. The highest BCUT2D eigenvalue weighted by Gasteiger charge is 2.55. The smallest absolute Gasteiger partial charge is 0.357 e. The Kier molecular flexibility index (Phi) is 12.1. The van der Waals surface area contributed by atoms with Gasteiger partial charge in [0.2, 0.25) is 6.79 Å². The SMILES string of the molecule is Cc1nnc(SCC2=C(C(=O)OCOC(=O)C(C)(C)C)N3C(=O)C(NC(=O)C(O)c4ccccc4C(=O)[C@@H]4CCCN4)[C@@H]3SC2)s1.Cl. The monoisotopic (exact) mass is 725 g/mol. The van der Waals surface area contributed by atoms with Crippen molar-refractivity contribution in [3.8, 4) is 0 Å². The first-order valence-corrected chi connectivity index (χ1v) is 17.5. The number of β-lactam (4-membered cyclic amide) rings is 1. The van der Waals surface area contributed by atoms with Crippen LogP contribution >= 0.6 is 47.3 Å². The summed E-state index contributed by atoms with van der Waals surface area (Å²) in [5.74, 6) is -2.35. The van der Waals surface area contributed by atoms with Crippen LogP contribution < -0.4 is 10.6 Å². The number of carbonyl (C=O) groups excluding carboxylic acids is 5. The summed E-state index contributed by atoms with van der Waals surface area (Å²) in [7, 11) is 0. The first-order valence-electron chi connectivity index (χ1n) is 14.7. The van der Waals surface area contributed by atoms with Crippen molar-refractivity contribution in [2.75, 3.05) is 24.8 Å². The van der Waals surface area contributed by atoms with Crippen LogP contribution in [0.5, 0.6) is 0 Å². The number of thioether (sulfide) groups is 2. The van der Waals surface area contributed by atoms with Gasteiger partial charge in [0.05, 0.1) is 11.5 Å². The van der Waals surface area contributed by atoms with Gasteiger partial charge in [-0.2, -0.15) is 0 Å². The van der Waals surface area contributed by atoms with E-state index in [4.69, 9.17) is 9.47 Å². The van der Waals surface area contributed by atoms with Gasteiger partial charge in [-0.25, -0.2) is 4.79 Å². The Balaban J connectivity index is 0.00000500. The number of hydrogen-bond acceptors (Lipinski definition) is 14. The molecule has 13 nitrogen and oxygen atoms in total. The lowest BCUT2D eigenvalue weighted by Gasteiger charge is -2.49. The summed E-state index contributed by atoms with van der Waals surface area (Å²) in [5, 5.41) is 25.0. The van der Waals surface area contributed by atoms with E-state index in [-0.39, 0.29) is 41.1 Å². The molecule has 2 aromatic rings. The van der Waals surface area contributed by atoms with Crippen molar-refractivity contribution in [1.82, 2.24) is 25.7 Å². The second-order valence-electron chi connectivity index (χ2n) is 12.0. The Morgan fingerprint density at radius 1 is 1.19 bits per heavy atom. The number of ketones is 1. The lowest BCUT2D eigenvalue weighted by molar-refractivity contribution is -0.173. The number of fused-ring (bicyclic) bond motifs is 1. The second kappa shape index (κ2) is 15.5. The van der Waals surface area contributed by atoms with Gasteiger partial charge in [-0.15, -0.1) is 34.4 Å². The zero-order valence-electron chi connectivity index (χ0n) is 26.1. The maximum atomic E-state index is 13.5. The van der Waals surface area contributed by atoms with Crippen molar-refractivity contribution >= 4 is 76.8 Å². The van der Waals surface area contributed by atoms with E-state index in [1.54, 1.807) is 39.0 Å². The van der Waals surface area contributed by atoms with Gasteiger partial charge in [0.1, 0.15) is 22.1 Å². The van der Waals surface area contributed by atoms with E-state index in [1.165, 1.54) is 45.8 Å². The molecule has 0 aliphatic carbocycles. The first kappa shape index (κ1) is 36.8. The molecule has 4 heterocycles. The molecular formula is C30H36ClN5O8S3. The molecule has 2 unspecified atom stereocenters. The maximum absolute atomic E-state index is 13.5. The topological polar surface area (TPSA) is 177 Å². The molecule has 3 aliphatic rings. The van der Waals surface area contributed by atoms with Crippen molar-refractivity contribution in [3.05, 3.63) is 51.7 Å². The van der Waals surface area contributed by atoms with Crippen LogP contribution in [0.25, 0.3) is 0 Å². The third-order valence-electron chi connectivity index (χ3n) is 7.55. The third kappa shape index (κ3) is 8.17. The quantitative estimate of drug-likeness (QED) is 0.101. The molecule has 1 aromatic carbocycles. The highest BCUT2D eigenvalue weighted by atomic mass is 35.5. The second-order valence-corrected chi connectivity index (χ2v) is 15.5. The van der Waals surface area contributed by atoms with E-state index in [1.807, 2.05) is 6.92 Å². The van der Waals surface area contributed by atoms with Crippen molar-refractivity contribution in [2.45, 2.75) is 68.4 Å². The number of nitrogens with zero attached hydrogens (tertiary/aromatic N) is 3. The fourth-order valence-corrected chi connectivity index (χ4v) is 8.42. The summed E-state index contributed by atoms with van der Waals surface area (Å²) < 4.78 is 11.1. The number of aliphatic hydroxyl groups is 1. The van der Waals surface area contributed by atoms with Crippen LogP contribution in [-0.2, 0) is 28.7 Å². The molecule has 5 rings (SSSR count). The molecule has 4 atom stereocenters. The summed E-state index contributed by atoms with van der Waals surface area (Å²) in [6.45, 7) is 6.92. The predicted molar refractivity (Wildman–Crippen MR) is 178 cm³/mol. The van der Waals surface area contributed by atoms with Gasteiger partial charge in [0.25, 0.3) is 11.8 Å². The van der Waals surface area contributed by atoms with Gasteiger partial charge < -0.3 is 25.2 Å². The summed E-state index contributed by atoms with van der Waals surface area (Å²) >= 11 is 4.11. The molecule has 2 saturated heterocycles. The zero-order valence-corrected chi connectivity index (χ0v) is 29.4. The molecule has 1 aromatic heterocycles. The number of esters is 2. The van der Waals surface area contributed by atoms with Crippen LogP contribution in [0.4, 0.5) is 0 Å². The van der Waals surface area contributed by atoms with Gasteiger partial charge in [0.15, 0.2) is 16.2 Å². The maximum Gasteiger partial charge on any atom is 0.357 e. The number of hydrogen-bond donors (Lipinski definition) is 3. The normalized spacial score (nSPS) is 21.3. The van der Waals surface area contributed by atoms with Crippen molar-refractivity contribution in [2.24, 2.45) is 5.41 Å². The van der Waals surface area contributed by atoms with Gasteiger partial charge in [-0.05, 0) is 52.7 Å². The Morgan fingerprint density at radius 2 is 1.94 bits per heavy atom. The number of carbonyl (C=O) groups is 5. The molecule has 47 heavy (non-hydrogen) atoms. The van der Waals surface area contributed by atoms with Crippen LogP contribution in [0.2, 0.25) is 0 Å². The standard InChI is InChI=1S/C30H35N5O8S3.ClH/c1-15-33-34-29(46-15)45-13-16-12-44-26-20(25(39)35(26)21(16)27(40)42-14-43-28(41)30(2,3)4)32-24(38)23(37)18-9-6-5-8-17(18)22(36)19-10-7-11-31-19;/h5-6,8-9,19-20,23,26,31,37H,7,10-14H2,1-4H3,(H,32,38);1H/t19-,20?,23?,26-;/m0./s1. The highest BCUT2D eigenvalue weighted by molar-refractivity contribution is 8.01. The summed E-state index contributed by atoms with van der Waals surface area (Å²) in [6.07, 6.45) is -0.175. The number of aromatic nitrogens is 2. The van der Waals surface area contributed by atoms with E-state index in [9.17, 15) is 29.1 Å². The number of aliphatic hydroxyl groups excluding tert-OH is 1. The van der Waals surface area contributed by atoms with Crippen LogP contribution in [0.15, 0.2) is 39.9 Å². The third-order valence-corrected chi connectivity index (χ3v) is 11.0. The molecule has 0 radical (unpaired) electrons. The summed E-state index contributed by atoms with van der Waals surface area (Å²) in [4.78, 5) is 66.6. The van der Waals surface area contributed by atoms with Crippen LogP contribution in [0, 0.1) is 12.3 Å². The number of benzene rings is 1. The first-order chi connectivity index (χ1) is 21.9. The number of ether oxygens (including phenoxy) is 2. The van der Waals surface area contributed by atoms with Crippen LogP contribution in [-0.4, -0.2) is 92.0 Å². The molecule has 3 aliphatic heterocycles. The highest BCUT2D eigenvalue weighted by Crippen LogP contribution is 2.42. The van der Waals surface area contributed by atoms with E-state index in [0.29, 0.717) is 27.8 Å². The minimum absolute atomic E-state index is 0. The van der Waals surface area contributed by atoms with Crippen LogP contribution in [0.1, 0.15) is 60.6 Å². The van der Waals surface area contributed by atoms with Crippen LogP contribution in [0.3, 0.4) is 0 Å². The number of nitrogens with one attached hydrogen (secondary N) is 2. The number of aryl methyl sites for hydroxylation is 1. The fraction of sp³-hybridized carbons (Fsp3) is 0.500. The van der Waals surface area contributed by atoms with Gasteiger partial charge in [-0.1, -0.05) is 47.4 Å². The molecule has 17 heteroatoms. The Labute approximate surface area is 290 Å². The zero-order chi connectivity index (χ0) is 33.2. The average Bonchev–Trinajstić information content (AvgIpc) is 3.73. The van der Waals surface area contributed by atoms with Crippen molar-refractivity contribution in [1.29, 1.82) is 0 Å².